The van der Waals surface area contributed by atoms with Crippen molar-refractivity contribution in [3.8, 4) is 0 Å². The maximum absolute atomic E-state index is 14.1. The van der Waals surface area contributed by atoms with Gasteiger partial charge in [0.2, 0.25) is 5.91 Å². The van der Waals surface area contributed by atoms with Gasteiger partial charge in [0, 0.05) is 21.5 Å². The van der Waals surface area contributed by atoms with Crippen molar-refractivity contribution in [1.29, 1.82) is 0 Å². The summed E-state index contributed by atoms with van der Waals surface area (Å²) in [5, 5.41) is 14.4. The summed E-state index contributed by atoms with van der Waals surface area (Å²) in [6, 6.07) is 15.1. The van der Waals surface area contributed by atoms with Crippen LogP contribution in [0.1, 0.15) is 26.3 Å². The third-order valence-corrected chi connectivity index (χ3v) is 6.65. The highest BCUT2D eigenvalue weighted by molar-refractivity contribution is 8.00. The predicted molar refractivity (Wildman–Crippen MR) is 136 cm³/mol. The van der Waals surface area contributed by atoms with E-state index in [4.69, 9.17) is 0 Å². The Balaban J connectivity index is 1.48. The summed E-state index contributed by atoms with van der Waals surface area (Å²) in [6.45, 7) is 0. The molecule has 6 nitrogen and oxygen atoms in total. The number of aromatic carboxylic acids is 1. The number of benzene rings is 4. The highest BCUT2D eigenvalue weighted by Crippen LogP contribution is 2.38. The van der Waals surface area contributed by atoms with Crippen LogP contribution in [0.5, 0.6) is 0 Å². The van der Waals surface area contributed by atoms with Crippen molar-refractivity contribution in [3.63, 3.8) is 0 Å². The number of rotatable bonds is 7. The maximum Gasteiger partial charge on any atom is 0.422 e. The molecule has 0 aliphatic carbocycles. The van der Waals surface area contributed by atoms with Crippen LogP contribution in [-0.2, 0) is 11.0 Å². The first-order valence-electron chi connectivity index (χ1n) is 11.3. The molecule has 0 heterocycles. The minimum absolute atomic E-state index is 0.0794. The molecule has 4 aromatic rings. The Labute approximate surface area is 230 Å². The number of amides is 2. The van der Waals surface area contributed by atoms with Crippen LogP contribution in [0, 0.1) is 23.3 Å². The number of thioether (sulfide) groups is 1. The van der Waals surface area contributed by atoms with Crippen molar-refractivity contribution < 1.29 is 50.2 Å². The number of alkyl halides is 3. The Hall–Kier alpha value is -4.59. The molecular weight excluding hydrogens is 581 g/mol. The zero-order valence-electron chi connectivity index (χ0n) is 20.2. The van der Waals surface area contributed by atoms with Crippen LogP contribution in [0.2, 0.25) is 0 Å². The summed E-state index contributed by atoms with van der Waals surface area (Å²) in [5.74, 6) is -13.9. The van der Waals surface area contributed by atoms with Gasteiger partial charge in [-0.3, -0.25) is 9.59 Å². The Kier molecular flexibility index (Phi) is 8.24. The number of carboxylic acids is 1. The van der Waals surface area contributed by atoms with E-state index in [2.05, 4.69) is 5.32 Å². The number of anilines is 2. The monoisotopic (exact) mass is 596 g/mol. The molecule has 0 fully saturated rings. The summed E-state index contributed by atoms with van der Waals surface area (Å²) < 4.78 is 94.0. The molecule has 0 aromatic heterocycles. The summed E-state index contributed by atoms with van der Waals surface area (Å²) in [5.41, 5.74) is -4.24. The number of hydrogen-bond donors (Lipinski definition) is 3. The van der Waals surface area contributed by atoms with Crippen molar-refractivity contribution in [2.24, 2.45) is 0 Å². The van der Waals surface area contributed by atoms with Crippen LogP contribution in [0.25, 0.3) is 10.8 Å². The molecule has 3 N–H and O–H groups in total. The lowest BCUT2D eigenvalue weighted by Crippen LogP contribution is -2.21. The topological polar surface area (TPSA) is 95.5 Å². The van der Waals surface area contributed by atoms with Gasteiger partial charge in [-0.05, 0) is 35.7 Å². The number of carbonyl (C=O) groups is 3. The van der Waals surface area contributed by atoms with E-state index < -0.39 is 64.2 Å². The summed E-state index contributed by atoms with van der Waals surface area (Å²) in [6.07, 6.45) is -5.72. The first kappa shape index (κ1) is 29.4. The molecule has 0 saturated carbocycles. The van der Waals surface area contributed by atoms with Gasteiger partial charge < -0.3 is 15.7 Å². The SMILES string of the molecule is O=C(CSc1cccc(NC(=O)c2cccc3cccc(C(=O)O)c23)c1)Nc1c(F)c(F)c(C(F)(F)F)c(F)c1F. The Morgan fingerprint density at radius 2 is 1.37 bits per heavy atom. The summed E-state index contributed by atoms with van der Waals surface area (Å²) in [4.78, 5) is 37.2. The lowest BCUT2D eigenvalue weighted by molar-refractivity contribution is -0.143. The van der Waals surface area contributed by atoms with Crippen LogP contribution in [-0.4, -0.2) is 28.6 Å². The van der Waals surface area contributed by atoms with E-state index in [1.54, 1.807) is 18.2 Å². The quantitative estimate of drug-likeness (QED) is 0.120. The zero-order valence-corrected chi connectivity index (χ0v) is 21.0. The molecule has 14 heteroatoms. The number of carbonyl (C=O) groups excluding carboxylic acids is 2. The van der Waals surface area contributed by atoms with Gasteiger partial charge in [-0.15, -0.1) is 11.8 Å². The molecule has 0 aliphatic heterocycles. The van der Waals surface area contributed by atoms with Crippen molar-refractivity contribution in [2.45, 2.75) is 11.1 Å². The molecule has 4 rings (SSSR count). The average molecular weight is 596 g/mol. The fourth-order valence-electron chi connectivity index (χ4n) is 3.89. The highest BCUT2D eigenvalue weighted by atomic mass is 32.2. The zero-order chi connectivity index (χ0) is 30.1. The second-order valence-corrected chi connectivity index (χ2v) is 9.39. The highest BCUT2D eigenvalue weighted by Gasteiger charge is 2.42. The number of halogens is 7. The molecular formula is C27H15F7N2O4S. The first-order valence-corrected chi connectivity index (χ1v) is 12.3. The minimum Gasteiger partial charge on any atom is -0.478 e. The smallest absolute Gasteiger partial charge is 0.422 e. The number of fused-ring (bicyclic) bond motifs is 1. The molecule has 2 amide bonds. The molecule has 0 aliphatic rings. The largest absolute Gasteiger partial charge is 0.478 e. The van der Waals surface area contributed by atoms with Crippen molar-refractivity contribution in [1.82, 2.24) is 0 Å². The van der Waals surface area contributed by atoms with Gasteiger partial charge in [0.15, 0.2) is 23.3 Å². The van der Waals surface area contributed by atoms with Gasteiger partial charge >= 0.3 is 12.1 Å². The Bertz CT molecular complexity index is 1680. The predicted octanol–water partition coefficient (Wildman–Crippen LogP) is 7.10. The molecule has 0 unspecified atom stereocenters. The third-order valence-electron chi connectivity index (χ3n) is 5.65. The number of nitrogens with one attached hydrogen (secondary N) is 2. The second kappa shape index (κ2) is 11.5. The second-order valence-electron chi connectivity index (χ2n) is 8.34. The molecule has 0 bridgehead atoms. The number of carboxylic acid groups (broad SMARTS) is 1. The molecule has 0 atom stereocenters. The first-order chi connectivity index (χ1) is 19.3. The maximum atomic E-state index is 14.1. The van der Waals surface area contributed by atoms with E-state index >= 15 is 0 Å². The minimum atomic E-state index is -5.72. The molecule has 0 radical (unpaired) electrons. The van der Waals surface area contributed by atoms with E-state index in [0.29, 0.717) is 10.3 Å². The third kappa shape index (κ3) is 6.11. The summed E-state index contributed by atoms with van der Waals surface area (Å²) >= 11 is 0.768. The van der Waals surface area contributed by atoms with Gasteiger partial charge in [-0.1, -0.05) is 30.3 Å². The molecule has 0 saturated heterocycles. The average Bonchev–Trinajstić information content (AvgIpc) is 2.92. The van der Waals surface area contributed by atoms with Crippen molar-refractivity contribution >= 4 is 51.7 Å². The van der Waals surface area contributed by atoms with Crippen LogP contribution in [0.15, 0.2) is 65.6 Å². The van der Waals surface area contributed by atoms with E-state index in [9.17, 15) is 50.2 Å². The van der Waals surface area contributed by atoms with Crippen LogP contribution < -0.4 is 10.6 Å². The van der Waals surface area contributed by atoms with Crippen LogP contribution >= 0.6 is 11.8 Å². The van der Waals surface area contributed by atoms with Crippen molar-refractivity contribution in [2.75, 3.05) is 16.4 Å². The normalized spacial score (nSPS) is 11.4. The van der Waals surface area contributed by atoms with Gasteiger partial charge in [0.1, 0.15) is 11.3 Å². The molecule has 4 aromatic carbocycles. The van der Waals surface area contributed by atoms with Crippen molar-refractivity contribution in [3.05, 3.63) is 101 Å². The van der Waals surface area contributed by atoms with Gasteiger partial charge in [0.05, 0.1) is 11.3 Å². The van der Waals surface area contributed by atoms with E-state index in [0.717, 1.165) is 11.8 Å². The van der Waals surface area contributed by atoms with Gasteiger partial charge in [0.25, 0.3) is 5.91 Å². The lowest BCUT2D eigenvalue weighted by Gasteiger charge is -2.14. The Morgan fingerprint density at radius 1 is 0.780 bits per heavy atom. The van der Waals surface area contributed by atoms with E-state index in [1.807, 2.05) is 0 Å². The van der Waals surface area contributed by atoms with E-state index in [-0.39, 0.29) is 22.2 Å². The fourth-order valence-corrected chi connectivity index (χ4v) is 4.64. The summed E-state index contributed by atoms with van der Waals surface area (Å²) in [7, 11) is 0. The van der Waals surface area contributed by atoms with Crippen LogP contribution in [0.3, 0.4) is 0 Å². The van der Waals surface area contributed by atoms with E-state index in [1.165, 1.54) is 47.8 Å². The molecule has 212 valence electrons. The standard InChI is InChI=1S/C27H15F7N2O4S/c28-20-19(27(32,33)34)21(29)23(31)24(22(20)30)36-17(37)11-41-14-7-3-6-13(10-14)35-25(38)15-8-1-4-12-5-2-9-16(18(12)15)26(39)40/h1-10H,11H2,(H,35,38)(H,36,37)(H,39,40). The Morgan fingerprint density at radius 3 is 1.95 bits per heavy atom. The molecule has 41 heavy (non-hydrogen) atoms. The fraction of sp³-hybridized carbons (Fsp3) is 0.0741. The lowest BCUT2D eigenvalue weighted by atomic mass is 9.98. The van der Waals surface area contributed by atoms with Gasteiger partial charge in [-0.25, -0.2) is 22.4 Å². The van der Waals surface area contributed by atoms with Crippen LogP contribution in [0.4, 0.5) is 42.1 Å². The van der Waals surface area contributed by atoms with Gasteiger partial charge in [-0.2, -0.15) is 13.2 Å². The molecule has 0 spiro atoms. The number of hydrogen-bond acceptors (Lipinski definition) is 4.